The molecule has 2 aliphatic rings. The molecule has 2 fully saturated rings. The molecule has 1 aromatic carbocycles. The molecular formula is C24H34N4O3. The molecule has 4 rings (SSSR count). The highest BCUT2D eigenvalue weighted by Gasteiger charge is 2.34. The van der Waals surface area contributed by atoms with Crippen molar-refractivity contribution in [3.8, 4) is 0 Å². The van der Waals surface area contributed by atoms with Crippen molar-refractivity contribution in [2.75, 3.05) is 19.6 Å². The van der Waals surface area contributed by atoms with Gasteiger partial charge in [-0.15, -0.1) is 10.2 Å². The number of hydrogen-bond acceptors (Lipinski definition) is 6. The summed E-state index contributed by atoms with van der Waals surface area (Å²) in [6.45, 7) is 11.6. The predicted octanol–water partition coefficient (Wildman–Crippen LogP) is 3.16. The highest BCUT2D eigenvalue weighted by molar-refractivity contribution is 5.80. The lowest BCUT2D eigenvalue weighted by Gasteiger charge is -2.42. The number of amides is 1. The topological polar surface area (TPSA) is 82.7 Å². The fourth-order valence-corrected chi connectivity index (χ4v) is 4.67. The zero-order valence-corrected chi connectivity index (χ0v) is 19.1. The van der Waals surface area contributed by atoms with Gasteiger partial charge in [-0.3, -0.25) is 9.69 Å². The summed E-state index contributed by atoms with van der Waals surface area (Å²) >= 11 is 0. The van der Waals surface area contributed by atoms with E-state index in [1.807, 2.05) is 0 Å². The number of hydrogen-bond donors (Lipinski definition) is 1. The summed E-state index contributed by atoms with van der Waals surface area (Å²) in [7, 11) is 0. The van der Waals surface area contributed by atoms with Gasteiger partial charge in [0.15, 0.2) is 0 Å². The number of aromatic nitrogens is 2. The molecular weight excluding hydrogens is 392 g/mol. The Balaban J connectivity index is 1.43. The van der Waals surface area contributed by atoms with Crippen molar-refractivity contribution in [1.29, 1.82) is 0 Å². The number of piperazine rings is 1. The minimum absolute atomic E-state index is 0.253. The number of carbonyl (C=O) groups excluding carboxylic acids is 1. The average Bonchev–Trinajstić information content (AvgIpc) is 3.13. The predicted molar refractivity (Wildman–Crippen MR) is 117 cm³/mol. The largest absolute Gasteiger partial charge is 0.422 e. The fourth-order valence-electron chi connectivity index (χ4n) is 4.67. The maximum atomic E-state index is 12.7. The molecule has 1 amide bonds. The van der Waals surface area contributed by atoms with Crippen LogP contribution in [0.2, 0.25) is 0 Å². The normalized spacial score (nSPS) is 21.2. The van der Waals surface area contributed by atoms with E-state index < -0.39 is 6.10 Å². The minimum atomic E-state index is -0.757. The summed E-state index contributed by atoms with van der Waals surface area (Å²) in [4.78, 5) is 17.2. The third-order valence-corrected chi connectivity index (χ3v) is 6.79. The number of benzene rings is 1. The Morgan fingerprint density at radius 3 is 2.58 bits per heavy atom. The van der Waals surface area contributed by atoms with Gasteiger partial charge in [0.25, 0.3) is 0 Å². The van der Waals surface area contributed by atoms with Crippen molar-refractivity contribution in [2.45, 2.75) is 72.1 Å². The Morgan fingerprint density at radius 1 is 1.23 bits per heavy atom. The van der Waals surface area contributed by atoms with Gasteiger partial charge >= 0.3 is 0 Å². The Bertz CT molecular complexity index is 935. The van der Waals surface area contributed by atoms with Gasteiger partial charge in [-0.25, -0.2) is 0 Å². The minimum Gasteiger partial charge on any atom is -0.422 e. The summed E-state index contributed by atoms with van der Waals surface area (Å²) in [5.41, 5.74) is 4.92. The van der Waals surface area contributed by atoms with Crippen LogP contribution in [0.5, 0.6) is 0 Å². The first-order valence-corrected chi connectivity index (χ1v) is 11.4. The van der Waals surface area contributed by atoms with Crippen molar-refractivity contribution in [3.05, 3.63) is 46.2 Å². The van der Waals surface area contributed by atoms with E-state index in [4.69, 9.17) is 4.42 Å². The first kappa shape index (κ1) is 22.0. The zero-order chi connectivity index (χ0) is 22.1. The van der Waals surface area contributed by atoms with Crippen molar-refractivity contribution in [2.24, 2.45) is 5.92 Å². The van der Waals surface area contributed by atoms with Crippen LogP contribution in [0.15, 0.2) is 16.5 Å². The number of aliphatic hydroxyl groups is 1. The average molecular weight is 427 g/mol. The SMILES string of the molecule is Cc1cc(Cc2nnc([C@H](C)O)o2)c(C)c(CN2CCN(C(=O)C3CCC3)[C@@H](C)C2)c1. The molecule has 1 N–H and O–H groups in total. The van der Waals surface area contributed by atoms with E-state index in [0.29, 0.717) is 18.2 Å². The number of nitrogens with zero attached hydrogens (tertiary/aromatic N) is 4. The Kier molecular flexibility index (Phi) is 6.44. The van der Waals surface area contributed by atoms with Crippen LogP contribution in [0.4, 0.5) is 0 Å². The maximum Gasteiger partial charge on any atom is 0.244 e. The van der Waals surface area contributed by atoms with Gasteiger partial charge in [-0.05, 0) is 57.2 Å². The van der Waals surface area contributed by atoms with Crippen LogP contribution in [0.25, 0.3) is 0 Å². The third kappa shape index (κ3) is 4.83. The first-order chi connectivity index (χ1) is 14.8. The molecule has 168 valence electrons. The van der Waals surface area contributed by atoms with Crippen LogP contribution in [-0.4, -0.2) is 56.7 Å². The second-order valence-corrected chi connectivity index (χ2v) is 9.34. The smallest absolute Gasteiger partial charge is 0.244 e. The molecule has 0 radical (unpaired) electrons. The highest BCUT2D eigenvalue weighted by atomic mass is 16.4. The molecule has 2 aromatic rings. The molecule has 2 atom stereocenters. The number of rotatable bonds is 6. The van der Waals surface area contributed by atoms with E-state index in [9.17, 15) is 9.90 Å². The van der Waals surface area contributed by atoms with Gasteiger partial charge < -0.3 is 14.4 Å². The van der Waals surface area contributed by atoms with E-state index >= 15 is 0 Å². The lowest BCUT2D eigenvalue weighted by atomic mass is 9.84. The van der Waals surface area contributed by atoms with E-state index in [-0.39, 0.29) is 17.9 Å². The quantitative estimate of drug-likeness (QED) is 0.764. The standard InChI is InChI=1S/C24H34N4O3/c1-15-10-20(12-22-25-26-23(31-22)18(4)29)17(3)21(11-15)14-27-8-9-28(16(2)13-27)24(30)19-6-5-7-19/h10-11,16,18-19,29H,5-9,12-14H2,1-4H3/t16-,18-/m0/s1. The molecule has 1 aromatic heterocycles. The lowest BCUT2D eigenvalue weighted by molar-refractivity contribution is -0.142. The van der Waals surface area contributed by atoms with Gasteiger partial charge in [0.1, 0.15) is 6.10 Å². The van der Waals surface area contributed by atoms with Crippen LogP contribution >= 0.6 is 0 Å². The summed E-state index contributed by atoms with van der Waals surface area (Å²) in [6.07, 6.45) is 3.13. The van der Waals surface area contributed by atoms with E-state index in [2.05, 4.69) is 52.9 Å². The first-order valence-electron chi connectivity index (χ1n) is 11.4. The summed E-state index contributed by atoms with van der Waals surface area (Å²) in [5.74, 6) is 1.41. The van der Waals surface area contributed by atoms with E-state index in [0.717, 1.165) is 39.0 Å². The van der Waals surface area contributed by atoms with Crippen molar-refractivity contribution >= 4 is 5.91 Å². The molecule has 0 unspecified atom stereocenters. The van der Waals surface area contributed by atoms with Crippen LogP contribution in [0.3, 0.4) is 0 Å². The Labute approximate surface area is 184 Å². The molecule has 1 aliphatic heterocycles. The van der Waals surface area contributed by atoms with Crippen LogP contribution in [-0.2, 0) is 17.8 Å². The van der Waals surface area contributed by atoms with Gasteiger partial charge in [0, 0.05) is 38.1 Å². The number of aliphatic hydroxyl groups excluding tert-OH is 1. The Hall–Kier alpha value is -2.25. The molecule has 1 aliphatic carbocycles. The Morgan fingerprint density at radius 2 is 1.97 bits per heavy atom. The van der Waals surface area contributed by atoms with E-state index in [1.54, 1.807) is 6.92 Å². The summed E-state index contributed by atoms with van der Waals surface area (Å²) in [5, 5.41) is 17.6. The molecule has 31 heavy (non-hydrogen) atoms. The van der Waals surface area contributed by atoms with Crippen molar-refractivity contribution < 1.29 is 14.3 Å². The summed E-state index contributed by atoms with van der Waals surface area (Å²) in [6, 6.07) is 4.68. The van der Waals surface area contributed by atoms with Gasteiger partial charge in [-0.2, -0.15) is 0 Å². The molecule has 7 nitrogen and oxygen atoms in total. The zero-order valence-electron chi connectivity index (χ0n) is 19.1. The highest BCUT2D eigenvalue weighted by Crippen LogP contribution is 2.30. The third-order valence-electron chi connectivity index (χ3n) is 6.79. The maximum absolute atomic E-state index is 12.7. The molecule has 1 saturated heterocycles. The number of carbonyl (C=O) groups is 1. The van der Waals surface area contributed by atoms with Gasteiger partial charge in [-0.1, -0.05) is 24.1 Å². The molecule has 0 spiro atoms. The molecule has 0 bridgehead atoms. The fraction of sp³-hybridized carbons (Fsp3) is 0.625. The monoisotopic (exact) mass is 426 g/mol. The van der Waals surface area contributed by atoms with Crippen LogP contribution in [0.1, 0.15) is 73.2 Å². The number of aryl methyl sites for hydroxylation is 1. The molecule has 1 saturated carbocycles. The van der Waals surface area contributed by atoms with Crippen molar-refractivity contribution in [1.82, 2.24) is 20.0 Å². The van der Waals surface area contributed by atoms with Crippen molar-refractivity contribution in [3.63, 3.8) is 0 Å². The molecule has 7 heteroatoms. The molecule has 2 heterocycles. The van der Waals surface area contributed by atoms with Crippen LogP contribution in [0, 0.1) is 19.8 Å². The lowest BCUT2D eigenvalue weighted by Crippen LogP contribution is -2.55. The van der Waals surface area contributed by atoms with E-state index in [1.165, 1.54) is 28.7 Å². The second-order valence-electron chi connectivity index (χ2n) is 9.34. The van der Waals surface area contributed by atoms with Gasteiger partial charge in [0.05, 0.1) is 6.42 Å². The van der Waals surface area contributed by atoms with Crippen LogP contribution < -0.4 is 0 Å². The second kappa shape index (κ2) is 9.09. The van der Waals surface area contributed by atoms with Gasteiger partial charge in [0.2, 0.25) is 17.7 Å². The summed E-state index contributed by atoms with van der Waals surface area (Å²) < 4.78 is 5.60.